The summed E-state index contributed by atoms with van der Waals surface area (Å²) in [4.78, 5) is 17.9. The Balaban J connectivity index is 1.82. The molecule has 5 rings (SSSR count). The molecule has 1 aromatic carbocycles. The Bertz CT molecular complexity index is 1520. The van der Waals surface area contributed by atoms with Crippen molar-refractivity contribution in [3.05, 3.63) is 58.7 Å². The lowest BCUT2D eigenvalue weighted by Gasteiger charge is -2.30. The Morgan fingerprint density at radius 3 is 2.94 bits per heavy atom. The largest absolute Gasteiger partial charge is 0.452 e. The second kappa shape index (κ2) is 9.10. The molecule has 0 spiro atoms. The fraction of sp³-hybridized carbons (Fsp3) is 0.360. The molecule has 0 radical (unpaired) electrons. The average molecular weight is 479 g/mol. The summed E-state index contributed by atoms with van der Waals surface area (Å²) in [6.07, 6.45) is 8.61. The highest BCUT2D eigenvalue weighted by Gasteiger charge is 2.29. The summed E-state index contributed by atoms with van der Waals surface area (Å²) < 4.78 is 30.3. The molecule has 35 heavy (non-hydrogen) atoms. The van der Waals surface area contributed by atoms with Gasteiger partial charge in [0.25, 0.3) is 0 Å². The molecule has 0 amide bonds. The van der Waals surface area contributed by atoms with Crippen molar-refractivity contribution < 1.29 is 13.5 Å². The number of hydrogen-bond acceptors (Lipinski definition) is 7. The average Bonchev–Trinajstić information content (AvgIpc) is 3.44. The quantitative estimate of drug-likeness (QED) is 0.407. The van der Waals surface area contributed by atoms with Crippen LogP contribution in [-0.4, -0.2) is 44.8 Å². The van der Waals surface area contributed by atoms with Gasteiger partial charge in [-0.3, -0.25) is 9.25 Å². The van der Waals surface area contributed by atoms with E-state index in [9.17, 15) is 4.79 Å². The van der Waals surface area contributed by atoms with Crippen molar-refractivity contribution in [3.63, 3.8) is 0 Å². The van der Waals surface area contributed by atoms with Gasteiger partial charge in [-0.2, -0.15) is 10.1 Å². The maximum Gasteiger partial charge on any atom is 0.349 e. The Kier molecular flexibility index (Phi) is 5.98. The third-order valence-electron chi connectivity index (χ3n) is 6.47. The highest BCUT2D eigenvalue weighted by Crippen LogP contribution is 2.38. The molecular weight excluding hydrogens is 451 g/mol. The molecule has 1 aliphatic rings. The van der Waals surface area contributed by atoms with Crippen LogP contribution in [0.25, 0.3) is 33.3 Å². The zero-order valence-electron chi connectivity index (χ0n) is 19.8. The van der Waals surface area contributed by atoms with Crippen molar-refractivity contribution in [2.24, 2.45) is 7.05 Å². The molecule has 4 heterocycles. The van der Waals surface area contributed by atoms with Gasteiger partial charge in [0.05, 0.1) is 18.0 Å². The number of benzene rings is 1. The molecule has 1 saturated heterocycles. The van der Waals surface area contributed by atoms with Gasteiger partial charge in [0.15, 0.2) is 5.58 Å². The van der Waals surface area contributed by atoms with Crippen LogP contribution in [0.2, 0.25) is 0 Å². The first-order valence-corrected chi connectivity index (χ1v) is 11.6. The number of nitrogens with one attached hydrogen (secondary N) is 2. The zero-order valence-corrected chi connectivity index (χ0v) is 19.8. The van der Waals surface area contributed by atoms with E-state index in [2.05, 4.69) is 22.3 Å². The Morgan fingerprint density at radius 1 is 1.40 bits per heavy atom. The van der Waals surface area contributed by atoms with Crippen LogP contribution in [0.1, 0.15) is 37.8 Å². The fourth-order valence-corrected chi connectivity index (χ4v) is 4.72. The molecule has 2 N–H and O–H groups in total. The van der Waals surface area contributed by atoms with E-state index in [-0.39, 0.29) is 29.0 Å². The summed E-state index contributed by atoms with van der Waals surface area (Å²) in [5.74, 6) is -0.579. The number of halogens is 1. The molecule has 2 atom stereocenters. The van der Waals surface area contributed by atoms with Crippen LogP contribution in [0.15, 0.2) is 46.0 Å². The van der Waals surface area contributed by atoms with E-state index < -0.39 is 11.5 Å². The van der Waals surface area contributed by atoms with Gasteiger partial charge in [0.2, 0.25) is 0 Å². The van der Waals surface area contributed by atoms with Crippen LogP contribution < -0.4 is 11.0 Å². The van der Waals surface area contributed by atoms with Crippen molar-refractivity contribution >= 4 is 27.8 Å². The van der Waals surface area contributed by atoms with Gasteiger partial charge in [-0.15, -0.1) is 0 Å². The van der Waals surface area contributed by atoms with Crippen LogP contribution in [0.4, 0.5) is 4.39 Å². The zero-order chi connectivity index (χ0) is 24.7. The summed E-state index contributed by atoms with van der Waals surface area (Å²) in [6.45, 7) is 2.60. The summed E-state index contributed by atoms with van der Waals surface area (Å²) in [6, 6.07) is 2.71. The first-order valence-electron chi connectivity index (χ1n) is 11.6. The van der Waals surface area contributed by atoms with Crippen molar-refractivity contribution in [3.8, 4) is 11.3 Å². The lowest BCUT2D eigenvalue weighted by molar-refractivity contribution is -0.00709. The molecule has 0 bridgehead atoms. The van der Waals surface area contributed by atoms with E-state index >= 15 is 4.39 Å². The van der Waals surface area contributed by atoms with Crippen LogP contribution in [0, 0.1) is 11.2 Å². The highest BCUT2D eigenvalue weighted by atomic mass is 19.1. The van der Waals surface area contributed by atoms with Gasteiger partial charge in [0, 0.05) is 55.5 Å². The van der Waals surface area contributed by atoms with E-state index in [0.29, 0.717) is 47.2 Å². The molecule has 9 nitrogen and oxygen atoms in total. The molecule has 3 aromatic heterocycles. The summed E-state index contributed by atoms with van der Waals surface area (Å²) in [5, 5.41) is 15.9. The van der Waals surface area contributed by atoms with E-state index in [1.54, 1.807) is 48.0 Å². The van der Waals surface area contributed by atoms with Crippen molar-refractivity contribution in [1.29, 1.82) is 5.41 Å². The molecule has 182 valence electrons. The van der Waals surface area contributed by atoms with Gasteiger partial charge in [-0.05, 0) is 37.6 Å². The fourth-order valence-electron chi connectivity index (χ4n) is 4.72. The molecule has 10 heteroatoms. The number of aryl methyl sites for hydroxylation is 1. The van der Waals surface area contributed by atoms with Gasteiger partial charge in [0.1, 0.15) is 22.6 Å². The smallest absolute Gasteiger partial charge is 0.349 e. The van der Waals surface area contributed by atoms with Gasteiger partial charge in [-0.25, -0.2) is 9.18 Å². The second-order valence-electron chi connectivity index (χ2n) is 8.74. The lowest BCUT2D eigenvalue weighted by Crippen LogP contribution is -2.34. The predicted molar refractivity (Wildman–Crippen MR) is 131 cm³/mol. The minimum atomic E-state index is -0.579. The third kappa shape index (κ3) is 4.03. The molecule has 1 fully saturated rings. The number of furan rings is 1. The number of fused-ring (bicyclic) bond motifs is 3. The minimum Gasteiger partial charge on any atom is -0.452 e. The molecule has 0 saturated carbocycles. The normalized spacial score (nSPS) is 18.6. The first-order chi connectivity index (χ1) is 16.9. The number of nitrogens with zero attached hydrogens (tertiary/aromatic N) is 4. The maximum absolute atomic E-state index is 15.0. The molecule has 4 aromatic rings. The third-order valence-corrected chi connectivity index (χ3v) is 6.47. The van der Waals surface area contributed by atoms with Gasteiger partial charge < -0.3 is 19.9 Å². The topological polar surface area (TPSA) is 111 Å². The van der Waals surface area contributed by atoms with Crippen LogP contribution >= 0.6 is 0 Å². The molecule has 0 aliphatic carbocycles. The summed E-state index contributed by atoms with van der Waals surface area (Å²) in [5.41, 5.74) is 1.92. The van der Waals surface area contributed by atoms with Crippen LogP contribution in [0.5, 0.6) is 0 Å². The highest BCUT2D eigenvalue weighted by molar-refractivity contribution is 6.12. The van der Waals surface area contributed by atoms with Crippen LogP contribution in [0.3, 0.4) is 0 Å². The maximum atomic E-state index is 15.0. The van der Waals surface area contributed by atoms with E-state index in [1.165, 1.54) is 12.1 Å². The van der Waals surface area contributed by atoms with Crippen LogP contribution in [-0.2, 0) is 11.8 Å². The Hall–Kier alpha value is -3.79. The van der Waals surface area contributed by atoms with E-state index in [0.717, 1.165) is 6.42 Å². The van der Waals surface area contributed by atoms with Gasteiger partial charge >= 0.3 is 5.69 Å². The van der Waals surface area contributed by atoms with E-state index in [4.69, 9.17) is 14.6 Å². The molecule has 1 aliphatic heterocycles. The molecular formula is C25H27FN6O3. The second-order valence-corrected chi connectivity index (χ2v) is 8.74. The number of allylic oxidation sites excluding steroid dienone is 1. The summed E-state index contributed by atoms with van der Waals surface area (Å²) in [7, 11) is 3.48. The first kappa shape index (κ1) is 23.0. The van der Waals surface area contributed by atoms with Crippen molar-refractivity contribution in [2.45, 2.75) is 38.3 Å². The Morgan fingerprint density at radius 2 is 2.23 bits per heavy atom. The Labute approximate surface area is 200 Å². The molecule has 0 unspecified atom stereocenters. The summed E-state index contributed by atoms with van der Waals surface area (Å²) >= 11 is 0. The predicted octanol–water partition coefficient (Wildman–Crippen LogP) is 3.91. The number of rotatable bonds is 6. The lowest BCUT2D eigenvalue weighted by atomic mass is 10.00. The monoisotopic (exact) mass is 478 g/mol. The van der Waals surface area contributed by atoms with Crippen molar-refractivity contribution in [1.82, 2.24) is 24.6 Å². The van der Waals surface area contributed by atoms with E-state index in [1.807, 2.05) is 0 Å². The minimum absolute atomic E-state index is 0.000601. The standard InChI is InChI=1S/C25H27FN6O3/c1-4-16-9-15(6-8-34-16)32-23-18-10-17(20(27)5-7-28-2)19(26)11-21(18)35-24(23)22(30-25(32)33)14-12-29-31(3)13-14/h5,7,10-13,15-16,27-28H,4,6,8-9H2,1-3H3/b7-5-,27-20?/t15-,16-/m0/s1. The number of ether oxygens (including phenoxy) is 1. The number of aromatic nitrogens is 4. The number of hydrogen-bond donors (Lipinski definition) is 2. The van der Waals surface area contributed by atoms with Crippen molar-refractivity contribution in [2.75, 3.05) is 13.7 Å². The SMILES string of the molecule is CC[C@H]1C[C@@H](n2c(=O)nc(-c3cnn(C)c3)c3oc4cc(F)c(C(=N)/C=C\NC)cc4c32)CCO1. The van der Waals surface area contributed by atoms with Gasteiger partial charge in [-0.1, -0.05) is 6.92 Å².